The minimum Gasteiger partial charge on any atom is -0.438 e. The lowest BCUT2D eigenvalue weighted by molar-refractivity contribution is 0.102. The maximum Gasteiger partial charge on any atom is 0.261 e. The van der Waals surface area contributed by atoms with E-state index >= 15 is 0 Å². The van der Waals surface area contributed by atoms with Crippen molar-refractivity contribution >= 4 is 23.2 Å². The molecule has 0 unspecified atom stereocenters. The lowest BCUT2D eigenvalue weighted by Gasteiger charge is -2.09. The summed E-state index contributed by atoms with van der Waals surface area (Å²) in [6, 6.07) is 17.6. The molecule has 5 aromatic rings. The van der Waals surface area contributed by atoms with Gasteiger partial charge in [-0.25, -0.2) is 4.68 Å². The highest BCUT2D eigenvalue weighted by atomic mass is 35.5. The van der Waals surface area contributed by atoms with Gasteiger partial charge in [0.25, 0.3) is 5.91 Å². The number of hydrogen-bond acceptors (Lipinski definition) is 7. The first kappa shape index (κ1) is 24.2. The molecule has 0 radical (unpaired) electrons. The molecule has 0 fully saturated rings. The number of nitrogens with one attached hydrogen (secondary N) is 1. The van der Waals surface area contributed by atoms with E-state index in [0.717, 1.165) is 17.0 Å². The smallest absolute Gasteiger partial charge is 0.261 e. The van der Waals surface area contributed by atoms with Gasteiger partial charge in [0.1, 0.15) is 22.8 Å². The van der Waals surface area contributed by atoms with Crippen molar-refractivity contribution in [1.82, 2.24) is 25.1 Å². The van der Waals surface area contributed by atoms with E-state index in [1.54, 1.807) is 60.1 Å². The zero-order chi connectivity index (χ0) is 26.1. The number of halogens is 1. The van der Waals surface area contributed by atoms with E-state index in [2.05, 4.69) is 25.8 Å². The average Bonchev–Trinajstić information content (AvgIpc) is 3.40. The highest BCUT2D eigenvalue weighted by Crippen LogP contribution is 2.31. The molecule has 186 valence electrons. The summed E-state index contributed by atoms with van der Waals surface area (Å²) in [6.45, 7) is 7.66. The number of benzene rings is 2. The number of nitrogens with zero attached hydrogens (tertiary/aromatic N) is 5. The van der Waals surface area contributed by atoms with Gasteiger partial charge >= 0.3 is 0 Å². The molecule has 0 saturated heterocycles. The minimum atomic E-state index is -0.358. The molecule has 10 heteroatoms. The molecule has 5 rings (SSSR count). The Morgan fingerprint density at radius 1 is 0.973 bits per heavy atom. The third kappa shape index (κ3) is 4.81. The van der Waals surface area contributed by atoms with E-state index in [4.69, 9.17) is 20.9 Å². The molecule has 1 amide bonds. The van der Waals surface area contributed by atoms with Gasteiger partial charge in [0, 0.05) is 23.0 Å². The van der Waals surface area contributed by atoms with Gasteiger partial charge in [-0.05, 0) is 69.7 Å². The third-order valence-corrected chi connectivity index (χ3v) is 6.38. The Balaban J connectivity index is 1.28. The van der Waals surface area contributed by atoms with Crippen LogP contribution >= 0.6 is 11.6 Å². The van der Waals surface area contributed by atoms with Crippen LogP contribution in [0.4, 0.5) is 5.69 Å². The Bertz CT molecular complexity index is 1590. The molecule has 37 heavy (non-hydrogen) atoms. The van der Waals surface area contributed by atoms with E-state index in [9.17, 15) is 4.79 Å². The average molecular weight is 515 g/mol. The van der Waals surface area contributed by atoms with Crippen LogP contribution in [-0.2, 0) is 0 Å². The van der Waals surface area contributed by atoms with Crippen molar-refractivity contribution < 1.29 is 14.1 Å². The predicted octanol–water partition coefficient (Wildman–Crippen LogP) is 6.25. The molecular weight excluding hydrogens is 492 g/mol. The zero-order valence-corrected chi connectivity index (χ0v) is 21.4. The summed E-state index contributed by atoms with van der Waals surface area (Å²) in [5.41, 5.74) is 4.98. The molecule has 0 spiro atoms. The predicted molar refractivity (Wildman–Crippen MR) is 140 cm³/mol. The standard InChI is InChI=1S/C27H23ClN6O3/c1-15-16(2)32-34(17(15)3)23-13-14-24(31-30-23)36-20-11-9-19(10-12-20)29-27(35)25-18(4)37-33-26(25)21-7-5-6-8-22(21)28/h5-14H,1-4H3,(H,29,35). The topological polar surface area (TPSA) is 108 Å². The van der Waals surface area contributed by atoms with Crippen LogP contribution in [0.5, 0.6) is 11.6 Å². The Morgan fingerprint density at radius 3 is 2.38 bits per heavy atom. The van der Waals surface area contributed by atoms with Gasteiger partial charge in [0.15, 0.2) is 5.82 Å². The molecular formula is C27H23ClN6O3. The van der Waals surface area contributed by atoms with Gasteiger partial charge in [-0.2, -0.15) is 5.10 Å². The Labute approximate surface area is 218 Å². The zero-order valence-electron chi connectivity index (χ0n) is 20.6. The van der Waals surface area contributed by atoms with Crippen LogP contribution in [0.1, 0.15) is 33.1 Å². The summed E-state index contributed by atoms with van der Waals surface area (Å²) in [6.07, 6.45) is 0. The van der Waals surface area contributed by atoms with Crippen molar-refractivity contribution in [3.05, 3.63) is 94.0 Å². The van der Waals surface area contributed by atoms with Crippen molar-refractivity contribution in [2.45, 2.75) is 27.7 Å². The van der Waals surface area contributed by atoms with Crippen molar-refractivity contribution in [1.29, 1.82) is 0 Å². The minimum absolute atomic E-state index is 0.321. The number of hydrogen-bond donors (Lipinski definition) is 1. The second kappa shape index (κ2) is 9.87. The first-order chi connectivity index (χ1) is 17.8. The van der Waals surface area contributed by atoms with Crippen LogP contribution in [0.25, 0.3) is 17.1 Å². The summed E-state index contributed by atoms with van der Waals surface area (Å²) >= 11 is 6.30. The quantitative estimate of drug-likeness (QED) is 0.285. The summed E-state index contributed by atoms with van der Waals surface area (Å²) in [5, 5.41) is 20.3. The van der Waals surface area contributed by atoms with Crippen LogP contribution in [0.2, 0.25) is 5.02 Å². The van der Waals surface area contributed by atoms with E-state index < -0.39 is 0 Å². The first-order valence-corrected chi connectivity index (χ1v) is 11.9. The molecule has 0 bridgehead atoms. The maximum absolute atomic E-state index is 13.1. The fourth-order valence-corrected chi connectivity index (χ4v) is 4.05. The highest BCUT2D eigenvalue weighted by Gasteiger charge is 2.23. The number of aryl methyl sites for hydroxylation is 2. The fraction of sp³-hybridized carbons (Fsp3) is 0.148. The molecule has 3 aromatic heterocycles. The Kier molecular flexibility index (Phi) is 6.45. The molecule has 0 aliphatic carbocycles. The number of anilines is 1. The van der Waals surface area contributed by atoms with Crippen molar-refractivity contribution in [3.8, 4) is 28.7 Å². The van der Waals surface area contributed by atoms with Crippen molar-refractivity contribution in [2.24, 2.45) is 0 Å². The maximum atomic E-state index is 13.1. The number of amides is 1. The van der Waals surface area contributed by atoms with Crippen LogP contribution < -0.4 is 10.1 Å². The van der Waals surface area contributed by atoms with E-state index in [0.29, 0.717) is 50.7 Å². The van der Waals surface area contributed by atoms with Gasteiger partial charge in [0.2, 0.25) is 5.88 Å². The highest BCUT2D eigenvalue weighted by molar-refractivity contribution is 6.33. The van der Waals surface area contributed by atoms with Gasteiger partial charge in [-0.3, -0.25) is 4.79 Å². The molecule has 3 heterocycles. The Morgan fingerprint density at radius 2 is 1.73 bits per heavy atom. The van der Waals surface area contributed by atoms with Crippen molar-refractivity contribution in [2.75, 3.05) is 5.32 Å². The fourth-order valence-electron chi connectivity index (χ4n) is 3.82. The molecule has 0 saturated carbocycles. The third-order valence-electron chi connectivity index (χ3n) is 6.05. The van der Waals surface area contributed by atoms with Gasteiger partial charge in [0.05, 0.1) is 10.7 Å². The number of aromatic nitrogens is 5. The number of rotatable bonds is 6. The number of ether oxygens (including phenoxy) is 1. The second-order valence-electron chi connectivity index (χ2n) is 8.46. The van der Waals surface area contributed by atoms with Gasteiger partial charge in [-0.15, -0.1) is 10.2 Å². The van der Waals surface area contributed by atoms with Crippen molar-refractivity contribution in [3.63, 3.8) is 0 Å². The number of carbonyl (C=O) groups is 1. The SMILES string of the molecule is Cc1nn(-c2ccc(Oc3ccc(NC(=O)c4c(-c5ccccc5Cl)noc4C)cc3)nn2)c(C)c1C. The summed E-state index contributed by atoms with van der Waals surface area (Å²) < 4.78 is 12.9. The first-order valence-electron chi connectivity index (χ1n) is 11.5. The monoisotopic (exact) mass is 514 g/mol. The summed E-state index contributed by atoms with van der Waals surface area (Å²) in [4.78, 5) is 13.1. The van der Waals surface area contributed by atoms with Crippen LogP contribution in [0, 0.1) is 27.7 Å². The van der Waals surface area contributed by atoms with E-state index in [1.807, 2.05) is 32.9 Å². The summed E-state index contributed by atoms with van der Waals surface area (Å²) in [5.74, 6) is 1.52. The lowest BCUT2D eigenvalue weighted by Crippen LogP contribution is -2.13. The molecule has 9 nitrogen and oxygen atoms in total. The van der Waals surface area contributed by atoms with Gasteiger partial charge < -0.3 is 14.6 Å². The van der Waals surface area contributed by atoms with E-state index in [-0.39, 0.29) is 5.91 Å². The van der Waals surface area contributed by atoms with Gasteiger partial charge in [-0.1, -0.05) is 35.0 Å². The molecule has 0 aliphatic heterocycles. The van der Waals surface area contributed by atoms with Crippen LogP contribution in [0.15, 0.2) is 65.2 Å². The van der Waals surface area contributed by atoms with E-state index in [1.165, 1.54) is 0 Å². The lowest BCUT2D eigenvalue weighted by atomic mass is 10.1. The largest absolute Gasteiger partial charge is 0.438 e. The van der Waals surface area contributed by atoms with Crippen LogP contribution in [-0.4, -0.2) is 31.0 Å². The molecule has 0 atom stereocenters. The van der Waals surface area contributed by atoms with Crippen LogP contribution in [0.3, 0.4) is 0 Å². The molecule has 0 aliphatic rings. The Hall–Kier alpha value is -4.50. The molecule has 2 aromatic carbocycles. The normalized spacial score (nSPS) is 10.9. The number of carbonyl (C=O) groups excluding carboxylic acids is 1. The second-order valence-corrected chi connectivity index (χ2v) is 8.87. The molecule has 1 N–H and O–H groups in total. The summed E-state index contributed by atoms with van der Waals surface area (Å²) in [7, 11) is 0.